The third-order valence-electron chi connectivity index (χ3n) is 10.7. The van der Waals surface area contributed by atoms with Crippen LogP contribution in [0.1, 0.15) is 57.9 Å². The Kier molecular flexibility index (Phi) is 14.3. The van der Waals surface area contributed by atoms with Gasteiger partial charge in [-0.1, -0.05) is 121 Å². The fourth-order valence-corrected chi connectivity index (χ4v) is 8.54. The van der Waals surface area contributed by atoms with Gasteiger partial charge < -0.3 is 24.8 Å². The molecule has 0 saturated carbocycles. The van der Waals surface area contributed by atoms with Crippen molar-refractivity contribution in [3.8, 4) is 11.1 Å². The van der Waals surface area contributed by atoms with Crippen LogP contribution in [0.15, 0.2) is 157 Å². The van der Waals surface area contributed by atoms with Crippen LogP contribution in [0.2, 0.25) is 0 Å². The highest BCUT2D eigenvalue weighted by Crippen LogP contribution is 2.38. The van der Waals surface area contributed by atoms with Crippen LogP contribution >= 0.6 is 0 Å². The number of likely N-dealkylation sites (N-methyl/N-ethyl adjacent to an activating group) is 1. The quantitative estimate of drug-likeness (QED) is 0.0864. The predicted octanol–water partition coefficient (Wildman–Crippen LogP) is 7.48. The van der Waals surface area contributed by atoms with Crippen molar-refractivity contribution in [2.75, 3.05) is 20.1 Å². The number of nitrogens with one attached hydrogen (secondary N) is 2. The van der Waals surface area contributed by atoms with Crippen molar-refractivity contribution in [3.63, 3.8) is 0 Å². The monoisotopic (exact) mass is 824 g/mol. The molecule has 3 N–H and O–H groups in total. The van der Waals surface area contributed by atoms with Crippen molar-refractivity contribution in [3.05, 3.63) is 191 Å². The van der Waals surface area contributed by atoms with Crippen LogP contribution in [0.4, 0.5) is 0 Å². The first-order valence-electron chi connectivity index (χ1n) is 20.3. The van der Waals surface area contributed by atoms with Crippen LogP contribution in [0.5, 0.6) is 0 Å². The summed E-state index contributed by atoms with van der Waals surface area (Å²) in [6.07, 6.45) is 2.69. The number of carbonyl (C=O) groups is 1. The highest BCUT2D eigenvalue weighted by molar-refractivity contribution is 7.89. The van der Waals surface area contributed by atoms with Crippen molar-refractivity contribution in [1.29, 1.82) is 0 Å². The summed E-state index contributed by atoms with van der Waals surface area (Å²) in [6, 6.07) is 44.9. The number of amides is 1. The van der Waals surface area contributed by atoms with Gasteiger partial charge in [0.05, 0.1) is 23.7 Å². The van der Waals surface area contributed by atoms with Crippen LogP contribution in [0.3, 0.4) is 0 Å². The highest BCUT2D eigenvalue weighted by Gasteiger charge is 2.33. The van der Waals surface area contributed by atoms with Gasteiger partial charge >= 0.3 is 0 Å². The second-order valence-corrected chi connectivity index (χ2v) is 17.1. The Bertz CT molecular complexity index is 2400. The summed E-state index contributed by atoms with van der Waals surface area (Å²) in [5, 5.41) is 12.6. The number of sulfonamides is 1. The summed E-state index contributed by atoms with van der Waals surface area (Å²) in [4.78, 5) is 20.5. The number of hydrogen-bond donors (Lipinski definition) is 3. The average molecular weight is 825 g/mol. The molecule has 1 saturated heterocycles. The average Bonchev–Trinajstić information content (AvgIpc) is 3.28. The zero-order chi connectivity index (χ0) is 41.9. The fraction of sp³-hybridized carbons (Fsp3) is 0.265. The van der Waals surface area contributed by atoms with Gasteiger partial charge in [0.1, 0.15) is 6.04 Å². The van der Waals surface area contributed by atoms with Gasteiger partial charge in [-0.15, -0.1) is 0 Å². The number of hydrogen-bond acceptors (Lipinski definition) is 8. The third kappa shape index (κ3) is 11.6. The minimum Gasteiger partial charge on any atom is -0.392 e. The van der Waals surface area contributed by atoms with E-state index in [0.29, 0.717) is 6.42 Å². The molecule has 0 aliphatic carbocycles. The van der Waals surface area contributed by atoms with E-state index < -0.39 is 28.3 Å². The molecule has 4 atom stereocenters. The second kappa shape index (κ2) is 20.2. The Labute approximate surface area is 353 Å². The van der Waals surface area contributed by atoms with E-state index in [4.69, 9.17) is 9.47 Å². The minimum atomic E-state index is -3.96. The molecule has 1 aliphatic rings. The normalized spacial score (nSPS) is 17.3. The molecule has 5 aromatic carbocycles. The van der Waals surface area contributed by atoms with Gasteiger partial charge in [-0.25, -0.2) is 8.42 Å². The molecule has 0 spiro atoms. The summed E-state index contributed by atoms with van der Waals surface area (Å²) in [5.74, 6) is -0.419. The number of carbonyl (C=O) groups excluding carboxylic acids is 1. The van der Waals surface area contributed by atoms with E-state index in [1.165, 1.54) is 0 Å². The molecule has 11 heteroatoms. The van der Waals surface area contributed by atoms with Gasteiger partial charge in [0.15, 0.2) is 6.29 Å². The largest absolute Gasteiger partial charge is 0.392 e. The summed E-state index contributed by atoms with van der Waals surface area (Å²) < 4.78 is 42.6. The Hall–Kier alpha value is -5.53. The predicted molar refractivity (Wildman–Crippen MR) is 233 cm³/mol. The van der Waals surface area contributed by atoms with Crippen molar-refractivity contribution in [2.45, 2.75) is 68.8 Å². The molecule has 1 amide bonds. The molecule has 7 rings (SSSR count). The highest BCUT2D eigenvalue weighted by atomic mass is 32.2. The van der Waals surface area contributed by atoms with Crippen LogP contribution in [0.25, 0.3) is 11.1 Å². The Balaban J connectivity index is 1.02. The van der Waals surface area contributed by atoms with Crippen molar-refractivity contribution >= 4 is 15.9 Å². The van der Waals surface area contributed by atoms with Crippen LogP contribution in [0, 0.1) is 6.92 Å². The van der Waals surface area contributed by atoms with Gasteiger partial charge in [-0.2, -0.15) is 4.72 Å². The van der Waals surface area contributed by atoms with Crippen LogP contribution in [-0.2, 0) is 50.3 Å². The number of nitrogens with zero attached hydrogens (tertiary/aromatic N) is 2. The zero-order valence-electron chi connectivity index (χ0n) is 34.0. The van der Waals surface area contributed by atoms with Crippen molar-refractivity contribution in [2.24, 2.45) is 0 Å². The Morgan fingerprint density at radius 1 is 0.800 bits per heavy atom. The molecular weight excluding hydrogens is 773 g/mol. The number of aliphatic hydroxyl groups is 1. The molecule has 2 heterocycles. The SMILES string of the molecule is Cc1ccc(S(=O)(=O)N[C@H](Cc2ccccc2)C(=O)NCc2cccc(-c3ccc([C@@H]4O[C@H](CN(C)CCc5ccccn5)C[C@H](c5ccc(CO)cc5)O4)cc3)c2)cc1. The van der Waals surface area contributed by atoms with Gasteiger partial charge in [0.2, 0.25) is 15.9 Å². The lowest BCUT2D eigenvalue weighted by molar-refractivity contribution is -0.252. The lowest BCUT2D eigenvalue weighted by atomic mass is 9.99. The molecule has 60 heavy (non-hydrogen) atoms. The smallest absolute Gasteiger partial charge is 0.241 e. The number of aromatic nitrogens is 1. The van der Waals surface area contributed by atoms with Gasteiger partial charge in [0, 0.05) is 49.9 Å². The Morgan fingerprint density at radius 3 is 2.23 bits per heavy atom. The lowest BCUT2D eigenvalue weighted by Crippen LogP contribution is -2.47. The first kappa shape index (κ1) is 42.6. The maximum Gasteiger partial charge on any atom is 0.241 e. The standard InChI is InChI=1S/C49H52N4O6S/c1-35-14-24-45(25-15-35)60(56,57)52-46(30-36-9-4-3-5-10-36)48(55)51-32-38-11-8-12-42(29-38)39-20-22-41(23-21-39)49-58-44(33-53(2)28-26-43-13-6-7-27-50-43)31-47(59-49)40-18-16-37(34-54)17-19-40/h3-25,27,29,44,46-47,49,52,54H,26,28,30-34H2,1-2H3,(H,51,55)/t44-,46+,47+,49+/m0/s1. The van der Waals surface area contributed by atoms with Crippen LogP contribution < -0.4 is 10.0 Å². The first-order chi connectivity index (χ1) is 29.1. The minimum absolute atomic E-state index is 0.0147. The zero-order valence-corrected chi connectivity index (χ0v) is 34.8. The van der Waals surface area contributed by atoms with Gasteiger partial charge in [-0.05, 0) is 84.1 Å². The van der Waals surface area contributed by atoms with E-state index in [9.17, 15) is 18.3 Å². The molecule has 1 fully saturated rings. The summed E-state index contributed by atoms with van der Waals surface area (Å²) >= 11 is 0. The second-order valence-electron chi connectivity index (χ2n) is 15.4. The summed E-state index contributed by atoms with van der Waals surface area (Å²) in [7, 11) is -1.86. The Morgan fingerprint density at radius 2 is 1.52 bits per heavy atom. The van der Waals surface area contributed by atoms with Crippen LogP contribution in [-0.4, -0.2) is 61.6 Å². The molecular formula is C49H52N4O6S. The summed E-state index contributed by atoms with van der Waals surface area (Å²) in [5.41, 5.74) is 8.44. The number of ether oxygens (including phenoxy) is 2. The van der Waals surface area contributed by atoms with E-state index in [0.717, 1.165) is 69.7 Å². The van der Waals surface area contributed by atoms with E-state index in [1.54, 1.807) is 24.3 Å². The maximum atomic E-state index is 13.7. The van der Waals surface area contributed by atoms with Crippen molar-refractivity contribution in [1.82, 2.24) is 19.9 Å². The number of aliphatic hydroxyl groups excluding tert-OH is 1. The van der Waals surface area contributed by atoms with E-state index in [1.807, 2.05) is 134 Å². The fourth-order valence-electron chi connectivity index (χ4n) is 7.34. The van der Waals surface area contributed by atoms with Gasteiger partial charge in [0.25, 0.3) is 0 Å². The van der Waals surface area contributed by atoms with E-state index in [2.05, 4.69) is 27.0 Å². The van der Waals surface area contributed by atoms with E-state index >= 15 is 0 Å². The molecule has 310 valence electrons. The number of rotatable bonds is 17. The maximum absolute atomic E-state index is 13.7. The molecule has 0 unspecified atom stereocenters. The van der Waals surface area contributed by atoms with Gasteiger partial charge in [-0.3, -0.25) is 9.78 Å². The number of aryl methyl sites for hydroxylation is 1. The molecule has 0 radical (unpaired) electrons. The summed E-state index contributed by atoms with van der Waals surface area (Å²) in [6.45, 7) is 3.66. The van der Waals surface area contributed by atoms with Crippen molar-refractivity contribution < 1.29 is 27.8 Å². The number of benzene rings is 5. The molecule has 1 aromatic heterocycles. The molecule has 0 bridgehead atoms. The first-order valence-corrected chi connectivity index (χ1v) is 21.8. The topological polar surface area (TPSA) is 130 Å². The molecule has 1 aliphatic heterocycles. The van der Waals surface area contributed by atoms with E-state index in [-0.39, 0.29) is 36.7 Å². The lowest BCUT2D eigenvalue weighted by Gasteiger charge is -2.38. The molecule has 10 nitrogen and oxygen atoms in total. The number of pyridine rings is 1. The molecule has 6 aromatic rings. The third-order valence-corrected chi connectivity index (χ3v) is 12.2.